The third-order valence-corrected chi connectivity index (χ3v) is 4.68. The van der Waals surface area contributed by atoms with Gasteiger partial charge in [0.2, 0.25) is 0 Å². The second-order valence-corrected chi connectivity index (χ2v) is 6.17. The van der Waals surface area contributed by atoms with E-state index in [-0.39, 0.29) is 0 Å². The van der Waals surface area contributed by atoms with E-state index in [4.69, 9.17) is 4.74 Å². The lowest BCUT2D eigenvalue weighted by molar-refractivity contribution is 0.0964. The molecule has 2 heteroatoms. The fourth-order valence-corrected chi connectivity index (χ4v) is 3.15. The zero-order chi connectivity index (χ0) is 17.2. The molecule has 2 nitrogen and oxygen atoms in total. The van der Waals surface area contributed by atoms with Gasteiger partial charge in [0.1, 0.15) is 0 Å². The predicted octanol–water partition coefficient (Wildman–Crippen LogP) is 5.25. The van der Waals surface area contributed by atoms with E-state index < -0.39 is 0 Å². The van der Waals surface area contributed by atoms with Crippen molar-refractivity contribution in [1.82, 2.24) is 4.90 Å². The van der Waals surface area contributed by atoms with Gasteiger partial charge in [-0.3, -0.25) is 0 Å². The lowest BCUT2D eigenvalue weighted by atomic mass is 9.91. The van der Waals surface area contributed by atoms with Crippen LogP contribution in [0.2, 0.25) is 0 Å². The van der Waals surface area contributed by atoms with E-state index in [2.05, 4.69) is 80.3 Å². The van der Waals surface area contributed by atoms with Crippen molar-refractivity contribution in [3.05, 3.63) is 60.2 Å². The Hall–Kier alpha value is -1.64. The number of hydrogen-bond donors (Lipinski definition) is 0. The summed E-state index contributed by atoms with van der Waals surface area (Å²) in [5.41, 5.74) is 1.40. The largest absolute Gasteiger partial charge is 0.379 e. The minimum Gasteiger partial charge on any atom is -0.379 e. The molecule has 0 heterocycles. The molecule has 24 heavy (non-hydrogen) atoms. The zero-order valence-electron chi connectivity index (χ0n) is 15.4. The van der Waals surface area contributed by atoms with E-state index in [1.165, 1.54) is 16.3 Å². The lowest BCUT2D eigenvalue weighted by Crippen LogP contribution is -2.27. The topological polar surface area (TPSA) is 12.5 Å². The fourth-order valence-electron chi connectivity index (χ4n) is 3.15. The normalized spacial score (nSPS) is 13.2. The minimum absolute atomic E-state index is 0.406. The summed E-state index contributed by atoms with van der Waals surface area (Å²) in [5, 5.41) is 2.66. The molecule has 130 valence electrons. The Labute approximate surface area is 147 Å². The van der Waals surface area contributed by atoms with E-state index in [1.54, 1.807) is 0 Å². The van der Waals surface area contributed by atoms with Crippen LogP contribution >= 0.6 is 0 Å². The van der Waals surface area contributed by atoms with Crippen LogP contribution in [0.15, 0.2) is 54.6 Å². The van der Waals surface area contributed by atoms with Crippen LogP contribution in [-0.4, -0.2) is 37.7 Å². The first kappa shape index (κ1) is 18.7. The van der Waals surface area contributed by atoms with Gasteiger partial charge in [-0.05, 0) is 42.8 Å². The standard InChI is InChI=1S/C22H31NO/c1-4-7-11-20(18-24-17-16-23(5-2)6-3)22-15-10-13-19-12-8-9-14-21(19)22/h4,7-10,12-15,20H,5-6,11,16-18H2,1-3H3/b7-4+. The predicted molar refractivity (Wildman–Crippen MR) is 105 cm³/mol. The van der Waals surface area contributed by atoms with Gasteiger partial charge in [-0.2, -0.15) is 0 Å². The number of likely N-dealkylation sites (N-methyl/N-ethyl adjacent to an activating group) is 1. The highest BCUT2D eigenvalue weighted by molar-refractivity contribution is 5.86. The zero-order valence-corrected chi connectivity index (χ0v) is 15.4. The van der Waals surface area contributed by atoms with Gasteiger partial charge in [-0.15, -0.1) is 0 Å². The molecule has 0 saturated heterocycles. The summed E-state index contributed by atoms with van der Waals surface area (Å²) in [7, 11) is 0. The molecule has 0 saturated carbocycles. The van der Waals surface area contributed by atoms with Crippen molar-refractivity contribution in [3.8, 4) is 0 Å². The number of hydrogen-bond acceptors (Lipinski definition) is 2. The van der Waals surface area contributed by atoms with Crippen molar-refractivity contribution in [3.63, 3.8) is 0 Å². The molecule has 1 atom stereocenters. The molecule has 0 radical (unpaired) electrons. The maximum atomic E-state index is 6.05. The van der Waals surface area contributed by atoms with Gasteiger partial charge in [0.05, 0.1) is 13.2 Å². The van der Waals surface area contributed by atoms with Crippen molar-refractivity contribution in [1.29, 1.82) is 0 Å². The molecule has 2 rings (SSSR count). The molecule has 1 unspecified atom stereocenters. The summed E-state index contributed by atoms with van der Waals surface area (Å²) in [6.07, 6.45) is 5.41. The quantitative estimate of drug-likeness (QED) is 0.437. The summed E-state index contributed by atoms with van der Waals surface area (Å²) in [6.45, 7) is 11.3. The maximum absolute atomic E-state index is 6.05. The highest BCUT2D eigenvalue weighted by Crippen LogP contribution is 2.28. The van der Waals surface area contributed by atoms with E-state index in [1.807, 2.05) is 0 Å². The maximum Gasteiger partial charge on any atom is 0.0593 e. The molecule has 2 aromatic carbocycles. The second kappa shape index (κ2) is 10.3. The molecule has 0 bridgehead atoms. The molecule has 0 fully saturated rings. The summed E-state index contributed by atoms with van der Waals surface area (Å²) >= 11 is 0. The first-order chi connectivity index (χ1) is 11.8. The third-order valence-electron chi connectivity index (χ3n) is 4.68. The number of fused-ring (bicyclic) bond motifs is 1. The number of rotatable bonds is 10. The minimum atomic E-state index is 0.406. The summed E-state index contributed by atoms with van der Waals surface area (Å²) in [6, 6.07) is 15.2. The van der Waals surface area contributed by atoms with Crippen LogP contribution in [0.5, 0.6) is 0 Å². The number of ether oxygens (including phenoxy) is 1. The summed E-state index contributed by atoms with van der Waals surface area (Å²) in [4.78, 5) is 2.40. The van der Waals surface area contributed by atoms with Gasteiger partial charge in [0, 0.05) is 12.5 Å². The molecular weight excluding hydrogens is 294 g/mol. The number of allylic oxidation sites excluding steroid dienone is 2. The van der Waals surface area contributed by atoms with E-state index in [9.17, 15) is 0 Å². The van der Waals surface area contributed by atoms with Crippen molar-refractivity contribution >= 4 is 10.8 Å². The van der Waals surface area contributed by atoms with Crippen LogP contribution in [0, 0.1) is 0 Å². The van der Waals surface area contributed by atoms with Gasteiger partial charge in [0.15, 0.2) is 0 Å². The molecule has 0 aliphatic rings. The molecule has 2 aromatic rings. The van der Waals surface area contributed by atoms with Crippen LogP contribution in [0.4, 0.5) is 0 Å². The Kier molecular flexibility index (Phi) is 8.00. The average Bonchev–Trinajstić information content (AvgIpc) is 2.64. The van der Waals surface area contributed by atoms with E-state index in [0.29, 0.717) is 5.92 Å². The molecule has 0 amide bonds. The van der Waals surface area contributed by atoms with E-state index in [0.717, 1.165) is 39.3 Å². The van der Waals surface area contributed by atoms with Crippen molar-refractivity contribution in [2.45, 2.75) is 33.1 Å². The summed E-state index contributed by atoms with van der Waals surface area (Å²) in [5.74, 6) is 0.406. The van der Waals surface area contributed by atoms with Crippen molar-refractivity contribution < 1.29 is 4.74 Å². The Morgan fingerprint density at radius 2 is 1.79 bits per heavy atom. The van der Waals surface area contributed by atoms with Gasteiger partial charge < -0.3 is 9.64 Å². The Balaban J connectivity index is 2.07. The second-order valence-electron chi connectivity index (χ2n) is 6.17. The van der Waals surface area contributed by atoms with Gasteiger partial charge in [-0.1, -0.05) is 68.5 Å². The highest BCUT2D eigenvalue weighted by atomic mass is 16.5. The van der Waals surface area contributed by atoms with Gasteiger partial charge >= 0.3 is 0 Å². The lowest BCUT2D eigenvalue weighted by Gasteiger charge is -2.21. The van der Waals surface area contributed by atoms with Crippen LogP contribution in [-0.2, 0) is 4.74 Å². The Bertz CT molecular complexity index is 625. The Morgan fingerprint density at radius 3 is 2.54 bits per heavy atom. The smallest absolute Gasteiger partial charge is 0.0593 e. The number of nitrogens with zero attached hydrogens (tertiary/aromatic N) is 1. The van der Waals surface area contributed by atoms with E-state index >= 15 is 0 Å². The fraction of sp³-hybridized carbons (Fsp3) is 0.455. The molecule has 0 spiro atoms. The Morgan fingerprint density at radius 1 is 1.04 bits per heavy atom. The third kappa shape index (κ3) is 5.19. The van der Waals surface area contributed by atoms with Crippen LogP contribution < -0.4 is 0 Å². The van der Waals surface area contributed by atoms with Gasteiger partial charge in [-0.25, -0.2) is 0 Å². The molecule has 0 aliphatic heterocycles. The molecule has 0 aliphatic carbocycles. The SMILES string of the molecule is C/C=C/CC(COCCN(CC)CC)c1cccc2ccccc12. The van der Waals surface area contributed by atoms with Crippen LogP contribution in [0.3, 0.4) is 0 Å². The molecule has 0 aromatic heterocycles. The number of benzene rings is 2. The highest BCUT2D eigenvalue weighted by Gasteiger charge is 2.13. The first-order valence-electron chi connectivity index (χ1n) is 9.19. The molecule has 0 N–H and O–H groups in total. The van der Waals surface area contributed by atoms with Crippen LogP contribution in [0.1, 0.15) is 38.7 Å². The van der Waals surface area contributed by atoms with Crippen molar-refractivity contribution in [2.75, 3.05) is 32.8 Å². The first-order valence-corrected chi connectivity index (χ1v) is 9.19. The van der Waals surface area contributed by atoms with Gasteiger partial charge in [0.25, 0.3) is 0 Å². The van der Waals surface area contributed by atoms with Crippen LogP contribution in [0.25, 0.3) is 10.8 Å². The average molecular weight is 325 g/mol. The molecular formula is C22H31NO. The monoisotopic (exact) mass is 325 g/mol. The van der Waals surface area contributed by atoms with Crippen molar-refractivity contribution in [2.24, 2.45) is 0 Å². The summed E-state index contributed by atoms with van der Waals surface area (Å²) < 4.78 is 6.05.